The van der Waals surface area contributed by atoms with Crippen LogP contribution in [0.5, 0.6) is 0 Å². The maximum Gasteiger partial charge on any atom is 0.229 e. The molecule has 1 unspecified atom stereocenters. The predicted octanol–water partition coefficient (Wildman–Crippen LogP) is 0.636. The van der Waals surface area contributed by atoms with Crippen LogP contribution in [0.4, 0.5) is 0 Å². The molecule has 0 saturated carbocycles. The number of Topliss-reactive ketones (excluding diaryl/α,β-unsaturated/α-hetero) is 1. The Morgan fingerprint density at radius 2 is 2.05 bits per heavy atom. The minimum Gasteiger partial charge on any atom is -0.390 e. The zero-order valence-electron chi connectivity index (χ0n) is 12.5. The Kier molecular flexibility index (Phi) is 7.05. The fraction of sp³-hybridized carbons (Fsp3) is 0.929. The summed E-state index contributed by atoms with van der Waals surface area (Å²) in [6.45, 7) is 6.56. The second-order valence-electron chi connectivity index (χ2n) is 4.96. The molecule has 0 aromatic rings. The first kappa shape index (κ1) is 17.5. The van der Waals surface area contributed by atoms with Crippen LogP contribution in [0.25, 0.3) is 0 Å². The van der Waals surface area contributed by atoms with Gasteiger partial charge in [-0.25, -0.2) is 0 Å². The number of hydrogen-bond acceptors (Lipinski definition) is 6. The molecular formula is C14H26O6. The van der Waals surface area contributed by atoms with E-state index in [0.717, 1.165) is 0 Å². The van der Waals surface area contributed by atoms with Crippen molar-refractivity contribution in [2.24, 2.45) is 0 Å². The summed E-state index contributed by atoms with van der Waals surface area (Å²) in [6.07, 6.45) is -1.56. The maximum absolute atomic E-state index is 12.0. The van der Waals surface area contributed by atoms with E-state index in [1.165, 1.54) is 0 Å². The molecule has 4 atom stereocenters. The molecule has 2 N–H and O–H groups in total. The average molecular weight is 290 g/mol. The van der Waals surface area contributed by atoms with Crippen LogP contribution < -0.4 is 0 Å². The van der Waals surface area contributed by atoms with Gasteiger partial charge in [-0.2, -0.15) is 0 Å². The summed E-state index contributed by atoms with van der Waals surface area (Å²) in [5, 5.41) is 20.5. The zero-order chi connectivity index (χ0) is 15.2. The highest BCUT2D eigenvalue weighted by molar-refractivity contribution is 5.85. The molecule has 1 aliphatic rings. The van der Waals surface area contributed by atoms with Gasteiger partial charge in [-0.1, -0.05) is 6.92 Å². The normalized spacial score (nSPS) is 34.1. The van der Waals surface area contributed by atoms with Crippen LogP contribution in [0.2, 0.25) is 0 Å². The van der Waals surface area contributed by atoms with E-state index in [-0.39, 0.29) is 19.4 Å². The molecule has 1 aliphatic heterocycles. The monoisotopic (exact) mass is 290 g/mol. The summed E-state index contributed by atoms with van der Waals surface area (Å²) in [5.74, 6) is -2.35. The maximum atomic E-state index is 12.0. The Morgan fingerprint density at radius 3 is 2.60 bits per heavy atom. The van der Waals surface area contributed by atoms with E-state index in [1.54, 1.807) is 0 Å². The summed E-state index contributed by atoms with van der Waals surface area (Å²) >= 11 is 0. The van der Waals surface area contributed by atoms with Gasteiger partial charge in [0.25, 0.3) is 0 Å². The fourth-order valence-corrected chi connectivity index (χ4v) is 2.39. The number of ether oxygens (including phenoxy) is 3. The molecule has 1 fully saturated rings. The van der Waals surface area contributed by atoms with Crippen molar-refractivity contribution in [1.29, 1.82) is 0 Å². The highest BCUT2D eigenvalue weighted by Crippen LogP contribution is 2.31. The van der Waals surface area contributed by atoms with E-state index in [9.17, 15) is 15.0 Å². The van der Waals surface area contributed by atoms with E-state index in [4.69, 9.17) is 14.2 Å². The Morgan fingerprint density at radius 1 is 1.35 bits per heavy atom. The fourth-order valence-electron chi connectivity index (χ4n) is 2.39. The third kappa shape index (κ3) is 4.23. The van der Waals surface area contributed by atoms with Gasteiger partial charge in [0.05, 0.1) is 12.7 Å². The molecule has 118 valence electrons. The van der Waals surface area contributed by atoms with Gasteiger partial charge in [0, 0.05) is 26.1 Å². The number of hydrogen-bond donors (Lipinski definition) is 2. The summed E-state index contributed by atoms with van der Waals surface area (Å²) in [6, 6.07) is 0. The Balaban J connectivity index is 2.82. The number of carbonyl (C=O) groups is 1. The molecular weight excluding hydrogens is 264 g/mol. The number of aliphatic hydroxyl groups excluding tert-OH is 1. The van der Waals surface area contributed by atoms with Gasteiger partial charge in [0.15, 0.2) is 5.78 Å². The highest BCUT2D eigenvalue weighted by atomic mass is 16.7. The molecule has 0 aromatic heterocycles. The first-order valence-electron chi connectivity index (χ1n) is 7.29. The van der Waals surface area contributed by atoms with Gasteiger partial charge in [-0.3, -0.25) is 4.79 Å². The molecule has 0 aliphatic carbocycles. The Hall–Kier alpha value is -0.530. The molecule has 6 heteroatoms. The van der Waals surface area contributed by atoms with E-state index < -0.39 is 29.9 Å². The number of ketones is 1. The van der Waals surface area contributed by atoms with Crippen LogP contribution >= 0.6 is 0 Å². The van der Waals surface area contributed by atoms with E-state index in [0.29, 0.717) is 19.6 Å². The summed E-state index contributed by atoms with van der Waals surface area (Å²) in [5.41, 5.74) is 0. The van der Waals surface area contributed by atoms with Gasteiger partial charge < -0.3 is 24.4 Å². The van der Waals surface area contributed by atoms with Crippen LogP contribution in [0.1, 0.15) is 40.0 Å². The van der Waals surface area contributed by atoms with Gasteiger partial charge >= 0.3 is 0 Å². The van der Waals surface area contributed by atoms with Crippen molar-refractivity contribution in [1.82, 2.24) is 0 Å². The van der Waals surface area contributed by atoms with Crippen molar-refractivity contribution < 1.29 is 29.2 Å². The molecule has 1 heterocycles. The number of aliphatic hydroxyl groups is 2. The summed E-state index contributed by atoms with van der Waals surface area (Å²) < 4.78 is 16.3. The van der Waals surface area contributed by atoms with Crippen LogP contribution in [-0.2, 0) is 19.0 Å². The van der Waals surface area contributed by atoms with Gasteiger partial charge in [-0.05, 0) is 20.3 Å². The zero-order valence-corrected chi connectivity index (χ0v) is 12.5. The minimum absolute atomic E-state index is 0.167. The highest BCUT2D eigenvalue weighted by Gasteiger charge is 2.50. The molecule has 0 radical (unpaired) electrons. The van der Waals surface area contributed by atoms with Crippen molar-refractivity contribution in [3.8, 4) is 0 Å². The Labute approximate surface area is 120 Å². The Bertz CT molecular complexity index is 308. The van der Waals surface area contributed by atoms with Crippen LogP contribution in [0.15, 0.2) is 0 Å². The largest absolute Gasteiger partial charge is 0.390 e. The summed E-state index contributed by atoms with van der Waals surface area (Å²) in [4.78, 5) is 12.0. The lowest BCUT2D eigenvalue weighted by Gasteiger charge is -2.43. The first-order valence-corrected chi connectivity index (χ1v) is 7.29. The molecule has 0 bridgehead atoms. The standard InChI is InChI=1S/C14H26O6/c1-4-7-12(16)14(17)8-10(15)13(19-6-3)11(20-14)9-18-5-2/h10-11,13,15,17H,4-9H2,1-3H3/t10-,11-,13+,14?/m1/s1. The SMILES string of the molecule is CCCC(=O)C1(O)C[C@@H](O)[C@H](OCC)[C@@H](COCC)O1. The molecule has 0 spiro atoms. The molecule has 1 rings (SSSR count). The molecule has 20 heavy (non-hydrogen) atoms. The lowest BCUT2D eigenvalue weighted by molar-refractivity contribution is -0.296. The lowest BCUT2D eigenvalue weighted by atomic mass is 9.91. The van der Waals surface area contributed by atoms with Gasteiger partial charge in [-0.15, -0.1) is 0 Å². The number of carbonyl (C=O) groups excluding carboxylic acids is 1. The van der Waals surface area contributed by atoms with Crippen LogP contribution in [0.3, 0.4) is 0 Å². The van der Waals surface area contributed by atoms with Crippen molar-refractivity contribution in [3.05, 3.63) is 0 Å². The first-order chi connectivity index (χ1) is 9.48. The second-order valence-corrected chi connectivity index (χ2v) is 4.96. The molecule has 6 nitrogen and oxygen atoms in total. The minimum atomic E-state index is -1.94. The smallest absolute Gasteiger partial charge is 0.229 e. The molecule has 0 amide bonds. The van der Waals surface area contributed by atoms with E-state index in [2.05, 4.69) is 0 Å². The van der Waals surface area contributed by atoms with Crippen molar-refractivity contribution in [2.75, 3.05) is 19.8 Å². The van der Waals surface area contributed by atoms with Crippen molar-refractivity contribution >= 4 is 5.78 Å². The third-order valence-corrected chi connectivity index (χ3v) is 3.34. The molecule has 1 saturated heterocycles. The summed E-state index contributed by atoms with van der Waals surface area (Å²) in [7, 11) is 0. The average Bonchev–Trinajstić information content (AvgIpc) is 2.40. The van der Waals surface area contributed by atoms with Gasteiger partial charge in [0.1, 0.15) is 12.2 Å². The van der Waals surface area contributed by atoms with Gasteiger partial charge in [0.2, 0.25) is 5.79 Å². The van der Waals surface area contributed by atoms with Crippen molar-refractivity contribution in [3.63, 3.8) is 0 Å². The van der Waals surface area contributed by atoms with E-state index in [1.807, 2.05) is 20.8 Å². The van der Waals surface area contributed by atoms with Crippen molar-refractivity contribution in [2.45, 2.75) is 64.1 Å². The quantitative estimate of drug-likeness (QED) is 0.682. The molecule has 0 aromatic carbocycles. The second kappa shape index (κ2) is 8.05. The number of rotatable bonds is 8. The van der Waals surface area contributed by atoms with E-state index >= 15 is 0 Å². The topological polar surface area (TPSA) is 85.2 Å². The third-order valence-electron chi connectivity index (χ3n) is 3.34. The van der Waals surface area contributed by atoms with Crippen LogP contribution in [-0.4, -0.2) is 59.9 Å². The van der Waals surface area contributed by atoms with Crippen LogP contribution in [0, 0.1) is 0 Å². The predicted molar refractivity (Wildman–Crippen MR) is 72.3 cm³/mol. The lowest BCUT2D eigenvalue weighted by Crippen LogP contribution is -2.60.